The third-order valence-corrected chi connectivity index (χ3v) is 4.73. The van der Waals surface area contributed by atoms with Gasteiger partial charge in [-0.1, -0.05) is 18.2 Å². The zero-order chi connectivity index (χ0) is 20.2. The van der Waals surface area contributed by atoms with Crippen molar-refractivity contribution in [3.63, 3.8) is 0 Å². The van der Waals surface area contributed by atoms with Gasteiger partial charge in [0.2, 0.25) is 11.8 Å². The molecule has 1 heterocycles. The molecule has 0 spiro atoms. The third kappa shape index (κ3) is 4.43. The Morgan fingerprint density at radius 3 is 2.28 bits per heavy atom. The molecule has 146 valence electrons. The van der Waals surface area contributed by atoms with Gasteiger partial charge in [0, 0.05) is 24.3 Å². The maximum Gasteiger partial charge on any atom is 0.229 e. The molecule has 5 nitrogen and oxygen atoms in total. The van der Waals surface area contributed by atoms with Crippen molar-refractivity contribution >= 4 is 23.2 Å². The van der Waals surface area contributed by atoms with Gasteiger partial charge in [-0.2, -0.15) is 0 Å². The highest BCUT2D eigenvalue weighted by Gasteiger charge is 2.35. The quantitative estimate of drug-likeness (QED) is 0.692. The molecular formula is C23H19FN2O3. The number of para-hydroxylation sites is 1. The van der Waals surface area contributed by atoms with Crippen LogP contribution in [0, 0.1) is 11.7 Å². The van der Waals surface area contributed by atoms with Crippen molar-refractivity contribution in [1.82, 2.24) is 0 Å². The van der Waals surface area contributed by atoms with Crippen molar-refractivity contribution < 1.29 is 18.7 Å². The van der Waals surface area contributed by atoms with E-state index in [4.69, 9.17) is 4.74 Å². The number of nitrogens with one attached hydrogen (secondary N) is 1. The minimum Gasteiger partial charge on any atom is -0.457 e. The van der Waals surface area contributed by atoms with Gasteiger partial charge in [0.05, 0.1) is 5.92 Å². The molecule has 0 bridgehead atoms. The second kappa shape index (κ2) is 8.14. The van der Waals surface area contributed by atoms with Crippen LogP contribution in [0.1, 0.15) is 6.42 Å². The highest BCUT2D eigenvalue weighted by molar-refractivity contribution is 6.03. The van der Waals surface area contributed by atoms with E-state index >= 15 is 0 Å². The molecule has 1 unspecified atom stereocenters. The van der Waals surface area contributed by atoms with E-state index in [2.05, 4.69) is 5.32 Å². The van der Waals surface area contributed by atoms with Crippen molar-refractivity contribution in [3.8, 4) is 11.5 Å². The highest BCUT2D eigenvalue weighted by atomic mass is 19.1. The van der Waals surface area contributed by atoms with Crippen LogP contribution in [0.5, 0.6) is 11.5 Å². The molecule has 0 saturated carbocycles. The largest absolute Gasteiger partial charge is 0.457 e. The van der Waals surface area contributed by atoms with Crippen LogP contribution in [0.4, 0.5) is 15.8 Å². The van der Waals surface area contributed by atoms with Crippen LogP contribution in [0.25, 0.3) is 0 Å². The summed E-state index contributed by atoms with van der Waals surface area (Å²) >= 11 is 0. The molecule has 1 saturated heterocycles. The highest BCUT2D eigenvalue weighted by Crippen LogP contribution is 2.27. The maximum absolute atomic E-state index is 13.1. The Kier molecular flexibility index (Phi) is 5.24. The van der Waals surface area contributed by atoms with Crippen LogP contribution in [-0.4, -0.2) is 18.4 Å². The molecule has 1 N–H and O–H groups in total. The number of anilines is 2. The minimum absolute atomic E-state index is 0.123. The Balaban J connectivity index is 1.37. The molecule has 1 aliphatic rings. The van der Waals surface area contributed by atoms with Crippen molar-refractivity contribution in [2.45, 2.75) is 6.42 Å². The third-order valence-electron chi connectivity index (χ3n) is 4.73. The number of benzene rings is 3. The summed E-state index contributed by atoms with van der Waals surface area (Å²) in [5.74, 6) is 0.188. The lowest BCUT2D eigenvalue weighted by atomic mass is 10.1. The molecule has 0 radical (unpaired) electrons. The standard InChI is InChI=1S/C23H19FN2O3/c24-17-6-10-19(11-7-17)26-15-16(14-22(26)27)23(28)25-18-8-12-21(13-9-18)29-20-4-2-1-3-5-20/h1-13,16H,14-15H2,(H,25,28). The van der Waals surface area contributed by atoms with Crippen molar-refractivity contribution in [1.29, 1.82) is 0 Å². The molecule has 6 heteroatoms. The SMILES string of the molecule is O=C(Nc1ccc(Oc2ccccc2)cc1)C1CC(=O)N(c2ccc(F)cc2)C1. The first-order valence-electron chi connectivity index (χ1n) is 9.28. The summed E-state index contributed by atoms with van der Waals surface area (Å²) in [5, 5.41) is 2.84. The Hall–Kier alpha value is -3.67. The summed E-state index contributed by atoms with van der Waals surface area (Å²) in [6, 6.07) is 22.2. The van der Waals surface area contributed by atoms with Crippen molar-refractivity contribution in [2.75, 3.05) is 16.8 Å². The minimum atomic E-state index is -0.465. The molecular weight excluding hydrogens is 371 g/mol. The van der Waals surface area contributed by atoms with E-state index in [0.717, 1.165) is 5.75 Å². The fourth-order valence-electron chi connectivity index (χ4n) is 3.23. The predicted octanol–water partition coefficient (Wildman–Crippen LogP) is 4.61. The van der Waals surface area contributed by atoms with Gasteiger partial charge >= 0.3 is 0 Å². The van der Waals surface area contributed by atoms with Gasteiger partial charge in [0.1, 0.15) is 17.3 Å². The van der Waals surface area contributed by atoms with Gasteiger partial charge in [-0.25, -0.2) is 4.39 Å². The lowest BCUT2D eigenvalue weighted by Gasteiger charge is -2.16. The molecule has 3 aromatic carbocycles. The van der Waals surface area contributed by atoms with E-state index < -0.39 is 5.92 Å². The van der Waals surface area contributed by atoms with Crippen LogP contribution in [0.15, 0.2) is 78.9 Å². The first-order valence-corrected chi connectivity index (χ1v) is 9.28. The molecule has 0 aliphatic carbocycles. The van der Waals surface area contributed by atoms with Crippen LogP contribution in [-0.2, 0) is 9.59 Å². The molecule has 3 aromatic rings. The van der Waals surface area contributed by atoms with E-state index in [0.29, 0.717) is 17.1 Å². The number of halogens is 1. The average Bonchev–Trinajstić information content (AvgIpc) is 3.13. The number of amides is 2. The van der Waals surface area contributed by atoms with Crippen LogP contribution in [0.2, 0.25) is 0 Å². The monoisotopic (exact) mass is 390 g/mol. The van der Waals surface area contributed by atoms with Gasteiger partial charge in [-0.3, -0.25) is 9.59 Å². The number of hydrogen-bond acceptors (Lipinski definition) is 3. The Labute approximate surface area is 167 Å². The number of carbonyl (C=O) groups is 2. The number of carbonyl (C=O) groups excluding carboxylic acids is 2. The Morgan fingerprint density at radius 1 is 0.931 bits per heavy atom. The lowest BCUT2D eigenvalue weighted by molar-refractivity contribution is -0.122. The summed E-state index contributed by atoms with van der Waals surface area (Å²) in [6.07, 6.45) is 0.123. The van der Waals surface area contributed by atoms with Gasteiger partial charge in [0.25, 0.3) is 0 Å². The molecule has 29 heavy (non-hydrogen) atoms. The average molecular weight is 390 g/mol. The fourth-order valence-corrected chi connectivity index (χ4v) is 3.23. The van der Waals surface area contributed by atoms with Crippen LogP contribution >= 0.6 is 0 Å². The van der Waals surface area contributed by atoms with Gasteiger partial charge < -0.3 is 15.0 Å². The normalized spacial score (nSPS) is 16.0. The van der Waals surface area contributed by atoms with E-state index in [1.165, 1.54) is 17.0 Å². The number of nitrogens with zero attached hydrogens (tertiary/aromatic N) is 1. The summed E-state index contributed by atoms with van der Waals surface area (Å²) in [6.45, 7) is 0.269. The number of ether oxygens (including phenoxy) is 1. The van der Waals surface area contributed by atoms with E-state index in [1.807, 2.05) is 30.3 Å². The fraction of sp³-hybridized carbons (Fsp3) is 0.130. The smallest absolute Gasteiger partial charge is 0.229 e. The maximum atomic E-state index is 13.1. The molecule has 4 rings (SSSR count). The Morgan fingerprint density at radius 2 is 1.59 bits per heavy atom. The predicted molar refractivity (Wildman–Crippen MR) is 108 cm³/mol. The van der Waals surface area contributed by atoms with Crippen LogP contribution in [0.3, 0.4) is 0 Å². The van der Waals surface area contributed by atoms with E-state index in [1.54, 1.807) is 36.4 Å². The van der Waals surface area contributed by atoms with Crippen molar-refractivity contribution in [2.24, 2.45) is 5.92 Å². The van der Waals surface area contributed by atoms with Gasteiger partial charge in [-0.05, 0) is 60.7 Å². The summed E-state index contributed by atoms with van der Waals surface area (Å²) in [4.78, 5) is 26.4. The zero-order valence-electron chi connectivity index (χ0n) is 15.5. The summed E-state index contributed by atoms with van der Waals surface area (Å²) in [7, 11) is 0. The lowest BCUT2D eigenvalue weighted by Crippen LogP contribution is -2.28. The second-order valence-corrected chi connectivity index (χ2v) is 6.81. The van der Waals surface area contributed by atoms with Crippen LogP contribution < -0.4 is 15.0 Å². The first-order chi connectivity index (χ1) is 14.1. The first kappa shape index (κ1) is 18.7. The molecule has 1 fully saturated rings. The molecule has 0 aromatic heterocycles. The summed E-state index contributed by atoms with van der Waals surface area (Å²) < 4.78 is 18.8. The van der Waals surface area contributed by atoms with E-state index in [9.17, 15) is 14.0 Å². The topological polar surface area (TPSA) is 58.6 Å². The second-order valence-electron chi connectivity index (χ2n) is 6.81. The summed E-state index contributed by atoms with van der Waals surface area (Å²) in [5.41, 5.74) is 1.22. The number of rotatable bonds is 5. The van der Waals surface area contributed by atoms with Crippen molar-refractivity contribution in [3.05, 3.63) is 84.7 Å². The molecule has 2 amide bonds. The van der Waals surface area contributed by atoms with Gasteiger partial charge in [-0.15, -0.1) is 0 Å². The van der Waals surface area contributed by atoms with E-state index in [-0.39, 0.29) is 30.6 Å². The molecule has 1 atom stereocenters. The molecule has 1 aliphatic heterocycles. The zero-order valence-corrected chi connectivity index (χ0v) is 15.5. The van der Waals surface area contributed by atoms with Gasteiger partial charge in [0.15, 0.2) is 0 Å². The Bertz CT molecular complexity index is 1000. The number of hydrogen-bond donors (Lipinski definition) is 1.